The highest BCUT2D eigenvalue weighted by molar-refractivity contribution is 7.98. The molecule has 3 aromatic carbocycles. The molecular weight excluding hydrogens is 384 g/mol. The summed E-state index contributed by atoms with van der Waals surface area (Å²) in [6, 6.07) is 22.2. The topological polar surface area (TPSA) is 77.8 Å². The normalized spacial score (nSPS) is 11.2. The summed E-state index contributed by atoms with van der Waals surface area (Å²) in [6.07, 6.45) is 0. The van der Waals surface area contributed by atoms with Crippen molar-refractivity contribution in [2.75, 3.05) is 0 Å². The molecule has 0 fully saturated rings. The number of fused-ring (bicyclic) bond motifs is 1. The molecule has 0 amide bonds. The van der Waals surface area contributed by atoms with Gasteiger partial charge in [-0.15, -0.1) is 10.2 Å². The number of aryl methyl sites for hydroxylation is 1. The summed E-state index contributed by atoms with van der Waals surface area (Å²) in [6.45, 7) is 2.03. The quantitative estimate of drug-likeness (QED) is 0.358. The Labute approximate surface area is 171 Å². The summed E-state index contributed by atoms with van der Waals surface area (Å²) in [7, 11) is 0. The predicted octanol–water partition coefficient (Wildman–Crippen LogP) is 5.54. The lowest BCUT2D eigenvalue weighted by Gasteiger charge is -1.99. The van der Waals surface area contributed by atoms with Crippen molar-refractivity contribution in [3.8, 4) is 22.9 Å². The van der Waals surface area contributed by atoms with E-state index in [2.05, 4.69) is 32.5 Å². The summed E-state index contributed by atoms with van der Waals surface area (Å²) in [5, 5.41) is 15.1. The predicted molar refractivity (Wildman–Crippen MR) is 111 cm³/mol. The van der Waals surface area contributed by atoms with Gasteiger partial charge in [0, 0.05) is 11.1 Å². The third kappa shape index (κ3) is 3.77. The minimum Gasteiger partial charge on any atom is -0.411 e. The maximum Gasteiger partial charge on any atom is 0.277 e. The van der Waals surface area contributed by atoms with Crippen LogP contribution in [-0.4, -0.2) is 20.3 Å². The Hall–Kier alpha value is -3.45. The molecule has 0 atom stereocenters. The lowest BCUT2D eigenvalue weighted by atomic mass is 10.1. The minimum absolute atomic E-state index is 0.468. The number of aromatic nitrogens is 4. The van der Waals surface area contributed by atoms with Gasteiger partial charge in [0.2, 0.25) is 5.89 Å². The number of nitrogens with zero attached hydrogens (tertiary/aromatic N) is 4. The Morgan fingerprint density at radius 3 is 2.59 bits per heavy atom. The van der Waals surface area contributed by atoms with E-state index in [0.717, 1.165) is 22.1 Å². The number of hydrogen-bond acceptors (Lipinski definition) is 7. The van der Waals surface area contributed by atoms with Gasteiger partial charge in [0.05, 0.1) is 5.75 Å². The van der Waals surface area contributed by atoms with Crippen LogP contribution in [0.25, 0.3) is 33.7 Å². The average Bonchev–Trinajstić information content (AvgIpc) is 3.42. The van der Waals surface area contributed by atoms with Crippen LogP contribution in [0.3, 0.4) is 0 Å². The van der Waals surface area contributed by atoms with E-state index in [1.807, 2.05) is 61.5 Å². The fourth-order valence-electron chi connectivity index (χ4n) is 3.04. The van der Waals surface area contributed by atoms with Gasteiger partial charge >= 0.3 is 0 Å². The van der Waals surface area contributed by atoms with Crippen LogP contribution in [0.2, 0.25) is 0 Å². The molecule has 0 saturated carbocycles. The smallest absolute Gasteiger partial charge is 0.277 e. The van der Waals surface area contributed by atoms with Gasteiger partial charge in [0.1, 0.15) is 0 Å². The molecule has 0 N–H and O–H groups in total. The fourth-order valence-corrected chi connectivity index (χ4v) is 3.65. The molecular formula is C22H16N4O2S. The SMILES string of the molecule is Cc1cccc(-c2nc(CSc3nnc(-c4ccc5ccccc5c4)o3)no2)c1. The molecule has 0 aliphatic rings. The molecule has 29 heavy (non-hydrogen) atoms. The van der Waals surface area contributed by atoms with E-state index < -0.39 is 0 Å². The molecule has 5 rings (SSSR count). The van der Waals surface area contributed by atoms with Crippen molar-refractivity contribution in [3.63, 3.8) is 0 Å². The molecule has 0 spiro atoms. The molecule has 0 aliphatic carbocycles. The van der Waals surface area contributed by atoms with Crippen LogP contribution in [0.1, 0.15) is 11.4 Å². The van der Waals surface area contributed by atoms with Crippen LogP contribution in [0.15, 0.2) is 80.9 Å². The zero-order valence-corrected chi connectivity index (χ0v) is 16.4. The Morgan fingerprint density at radius 1 is 0.828 bits per heavy atom. The van der Waals surface area contributed by atoms with Gasteiger partial charge in [-0.05, 0) is 42.0 Å². The molecule has 2 heterocycles. The zero-order chi connectivity index (χ0) is 19.6. The van der Waals surface area contributed by atoms with Crippen LogP contribution in [0.5, 0.6) is 0 Å². The van der Waals surface area contributed by atoms with E-state index in [1.54, 1.807) is 0 Å². The zero-order valence-electron chi connectivity index (χ0n) is 15.6. The van der Waals surface area contributed by atoms with Crippen molar-refractivity contribution in [1.29, 1.82) is 0 Å². The number of thioether (sulfide) groups is 1. The molecule has 0 saturated heterocycles. The van der Waals surface area contributed by atoms with Gasteiger partial charge in [-0.25, -0.2) is 0 Å². The maximum absolute atomic E-state index is 5.80. The van der Waals surface area contributed by atoms with Crippen molar-refractivity contribution in [3.05, 3.63) is 78.1 Å². The van der Waals surface area contributed by atoms with E-state index in [9.17, 15) is 0 Å². The van der Waals surface area contributed by atoms with Crippen LogP contribution in [-0.2, 0) is 5.75 Å². The molecule has 7 heteroatoms. The van der Waals surface area contributed by atoms with Gasteiger partial charge in [0.15, 0.2) is 5.82 Å². The molecule has 142 valence electrons. The van der Waals surface area contributed by atoms with Crippen LogP contribution < -0.4 is 0 Å². The van der Waals surface area contributed by atoms with Crippen molar-refractivity contribution in [2.45, 2.75) is 17.9 Å². The second-order valence-electron chi connectivity index (χ2n) is 6.61. The number of benzene rings is 3. The molecule has 6 nitrogen and oxygen atoms in total. The lowest BCUT2D eigenvalue weighted by Crippen LogP contribution is -1.84. The first-order valence-corrected chi connectivity index (χ1v) is 10.1. The third-order valence-corrected chi connectivity index (χ3v) is 5.28. The maximum atomic E-state index is 5.80. The summed E-state index contributed by atoms with van der Waals surface area (Å²) < 4.78 is 11.2. The van der Waals surface area contributed by atoms with Crippen LogP contribution in [0.4, 0.5) is 0 Å². The summed E-state index contributed by atoms with van der Waals surface area (Å²) in [5.41, 5.74) is 2.94. The van der Waals surface area contributed by atoms with E-state index in [-0.39, 0.29) is 0 Å². The molecule has 0 radical (unpaired) electrons. The van der Waals surface area contributed by atoms with Crippen molar-refractivity contribution >= 4 is 22.5 Å². The van der Waals surface area contributed by atoms with Crippen LogP contribution >= 0.6 is 11.8 Å². The van der Waals surface area contributed by atoms with E-state index >= 15 is 0 Å². The first-order valence-electron chi connectivity index (χ1n) is 9.10. The van der Waals surface area contributed by atoms with E-state index in [1.165, 1.54) is 17.1 Å². The van der Waals surface area contributed by atoms with Gasteiger partial charge < -0.3 is 8.94 Å². The summed E-state index contributed by atoms with van der Waals surface area (Å²) >= 11 is 1.38. The molecule has 5 aromatic rings. The van der Waals surface area contributed by atoms with Gasteiger partial charge in [-0.1, -0.05) is 64.9 Å². The first-order chi connectivity index (χ1) is 14.2. The third-order valence-electron chi connectivity index (χ3n) is 4.46. The van der Waals surface area contributed by atoms with Gasteiger partial charge in [-0.2, -0.15) is 4.98 Å². The second kappa shape index (κ2) is 7.52. The van der Waals surface area contributed by atoms with Crippen molar-refractivity contribution in [2.24, 2.45) is 0 Å². The lowest BCUT2D eigenvalue weighted by molar-refractivity contribution is 0.425. The minimum atomic E-state index is 0.468. The molecule has 0 aliphatic heterocycles. The van der Waals surface area contributed by atoms with E-state index in [0.29, 0.717) is 28.6 Å². The average molecular weight is 400 g/mol. The molecule has 0 unspecified atom stereocenters. The Balaban J connectivity index is 1.29. The molecule has 0 bridgehead atoms. The monoisotopic (exact) mass is 400 g/mol. The Bertz CT molecular complexity index is 1290. The molecule has 2 aromatic heterocycles. The van der Waals surface area contributed by atoms with Crippen molar-refractivity contribution in [1.82, 2.24) is 20.3 Å². The van der Waals surface area contributed by atoms with Gasteiger partial charge in [0.25, 0.3) is 11.1 Å². The number of hydrogen-bond donors (Lipinski definition) is 0. The van der Waals surface area contributed by atoms with Gasteiger partial charge in [-0.3, -0.25) is 0 Å². The van der Waals surface area contributed by atoms with Crippen LogP contribution in [0, 0.1) is 6.92 Å². The standard InChI is InChI=1S/C22H16N4O2S/c1-14-5-4-8-17(11-14)20-23-19(26-28-20)13-29-22-25-24-21(27-22)18-10-9-15-6-2-3-7-16(15)12-18/h2-12H,13H2,1H3. The highest BCUT2D eigenvalue weighted by Gasteiger charge is 2.13. The summed E-state index contributed by atoms with van der Waals surface area (Å²) in [5.74, 6) is 2.06. The first kappa shape index (κ1) is 17.6. The van der Waals surface area contributed by atoms with Crippen molar-refractivity contribution < 1.29 is 8.94 Å². The Kier molecular flexibility index (Phi) is 4.57. The Morgan fingerprint density at radius 2 is 1.69 bits per heavy atom. The van der Waals surface area contributed by atoms with E-state index in [4.69, 9.17) is 8.94 Å². The second-order valence-corrected chi connectivity index (χ2v) is 7.54. The summed E-state index contributed by atoms with van der Waals surface area (Å²) in [4.78, 5) is 4.45. The fraction of sp³-hybridized carbons (Fsp3) is 0.0909. The highest BCUT2D eigenvalue weighted by Crippen LogP contribution is 2.28. The number of rotatable bonds is 5. The highest BCUT2D eigenvalue weighted by atomic mass is 32.2. The largest absolute Gasteiger partial charge is 0.411 e.